The van der Waals surface area contributed by atoms with Crippen LogP contribution in [0.2, 0.25) is 0 Å². The van der Waals surface area contributed by atoms with Crippen LogP contribution in [-0.2, 0) is 0 Å². The Labute approximate surface area is 125 Å². The third-order valence-electron chi connectivity index (χ3n) is 3.86. The highest BCUT2D eigenvalue weighted by Gasteiger charge is 2.09. The van der Waals surface area contributed by atoms with E-state index in [1.54, 1.807) is 0 Å². The predicted octanol–water partition coefficient (Wildman–Crippen LogP) is 5.49. The second-order valence-electron chi connectivity index (χ2n) is 5.01. The standard InChI is InChI=1S/C18H12BrN/c19-17-9-15-13-7-3-1-5-11(13)12-6-2-4-8-14(12)16(15)10-18(17)20/h1-10H,20H2. The first kappa shape index (κ1) is 11.7. The molecule has 96 valence electrons. The summed E-state index contributed by atoms with van der Waals surface area (Å²) < 4.78 is 0.949. The van der Waals surface area contributed by atoms with E-state index in [2.05, 4.69) is 76.6 Å². The molecule has 0 bridgehead atoms. The first-order valence-electron chi connectivity index (χ1n) is 6.54. The first-order chi connectivity index (χ1) is 9.75. The molecule has 20 heavy (non-hydrogen) atoms. The van der Waals surface area contributed by atoms with Crippen molar-refractivity contribution < 1.29 is 0 Å². The summed E-state index contributed by atoms with van der Waals surface area (Å²) in [6.45, 7) is 0. The Balaban J connectivity index is 2.42. The molecule has 0 aliphatic rings. The molecular weight excluding hydrogens is 310 g/mol. The van der Waals surface area contributed by atoms with Crippen molar-refractivity contribution in [2.24, 2.45) is 0 Å². The molecule has 0 aliphatic heterocycles. The second kappa shape index (κ2) is 4.22. The number of rotatable bonds is 0. The molecule has 4 aromatic carbocycles. The molecule has 0 aromatic heterocycles. The zero-order valence-electron chi connectivity index (χ0n) is 10.7. The van der Waals surface area contributed by atoms with Gasteiger partial charge in [-0.15, -0.1) is 0 Å². The van der Waals surface area contributed by atoms with Crippen LogP contribution in [-0.4, -0.2) is 0 Å². The summed E-state index contributed by atoms with van der Waals surface area (Å²) in [5.74, 6) is 0. The van der Waals surface area contributed by atoms with E-state index in [4.69, 9.17) is 5.73 Å². The van der Waals surface area contributed by atoms with Crippen molar-refractivity contribution in [2.45, 2.75) is 0 Å². The summed E-state index contributed by atoms with van der Waals surface area (Å²) in [6, 6.07) is 21.2. The lowest BCUT2D eigenvalue weighted by Gasteiger charge is -2.11. The van der Waals surface area contributed by atoms with E-state index in [0.717, 1.165) is 10.2 Å². The van der Waals surface area contributed by atoms with Gasteiger partial charge in [0.25, 0.3) is 0 Å². The van der Waals surface area contributed by atoms with E-state index in [1.807, 2.05) is 0 Å². The van der Waals surface area contributed by atoms with Gasteiger partial charge in [-0.05, 0) is 60.4 Å². The van der Waals surface area contributed by atoms with Crippen molar-refractivity contribution >= 4 is 53.9 Å². The highest BCUT2D eigenvalue weighted by atomic mass is 79.9. The molecule has 0 radical (unpaired) electrons. The summed E-state index contributed by atoms with van der Waals surface area (Å²) in [5.41, 5.74) is 6.85. The number of nitrogen functional groups attached to an aromatic ring is 1. The lowest BCUT2D eigenvalue weighted by molar-refractivity contribution is 1.70. The molecule has 0 saturated heterocycles. The Bertz CT molecular complexity index is 893. The van der Waals surface area contributed by atoms with Crippen LogP contribution in [0.5, 0.6) is 0 Å². The predicted molar refractivity (Wildman–Crippen MR) is 91.1 cm³/mol. The van der Waals surface area contributed by atoms with Crippen molar-refractivity contribution in [1.29, 1.82) is 0 Å². The van der Waals surface area contributed by atoms with Crippen LogP contribution in [0.25, 0.3) is 32.3 Å². The summed E-state index contributed by atoms with van der Waals surface area (Å²) in [4.78, 5) is 0. The number of benzene rings is 4. The average molecular weight is 322 g/mol. The Kier molecular flexibility index (Phi) is 2.48. The third kappa shape index (κ3) is 1.55. The monoisotopic (exact) mass is 321 g/mol. The van der Waals surface area contributed by atoms with Gasteiger partial charge in [0, 0.05) is 10.2 Å². The van der Waals surface area contributed by atoms with E-state index >= 15 is 0 Å². The minimum absolute atomic E-state index is 0.776. The van der Waals surface area contributed by atoms with E-state index in [9.17, 15) is 0 Å². The van der Waals surface area contributed by atoms with Crippen LogP contribution in [0.3, 0.4) is 0 Å². The van der Waals surface area contributed by atoms with Gasteiger partial charge in [0.2, 0.25) is 0 Å². The van der Waals surface area contributed by atoms with Crippen LogP contribution < -0.4 is 5.73 Å². The summed E-state index contributed by atoms with van der Waals surface area (Å²) in [5, 5.41) is 7.52. The molecule has 0 amide bonds. The van der Waals surface area contributed by atoms with Crippen molar-refractivity contribution in [3.8, 4) is 0 Å². The van der Waals surface area contributed by atoms with Crippen LogP contribution >= 0.6 is 15.9 Å². The molecule has 0 atom stereocenters. The third-order valence-corrected chi connectivity index (χ3v) is 4.55. The van der Waals surface area contributed by atoms with Gasteiger partial charge in [-0.1, -0.05) is 48.5 Å². The van der Waals surface area contributed by atoms with Gasteiger partial charge in [0.1, 0.15) is 0 Å². The van der Waals surface area contributed by atoms with Crippen LogP contribution in [0.15, 0.2) is 65.1 Å². The Morgan fingerprint density at radius 3 is 1.50 bits per heavy atom. The molecule has 0 aliphatic carbocycles. The Morgan fingerprint density at radius 1 is 0.600 bits per heavy atom. The van der Waals surface area contributed by atoms with Gasteiger partial charge in [0.05, 0.1) is 0 Å². The molecule has 0 heterocycles. The first-order valence-corrected chi connectivity index (χ1v) is 7.33. The number of halogens is 1. The van der Waals surface area contributed by atoms with Gasteiger partial charge in [-0.3, -0.25) is 0 Å². The smallest absolute Gasteiger partial charge is 0.0465 e. The van der Waals surface area contributed by atoms with Crippen molar-refractivity contribution in [2.75, 3.05) is 5.73 Å². The fraction of sp³-hybridized carbons (Fsp3) is 0. The molecule has 1 nitrogen and oxygen atoms in total. The van der Waals surface area contributed by atoms with Crippen molar-refractivity contribution in [1.82, 2.24) is 0 Å². The lowest BCUT2D eigenvalue weighted by Crippen LogP contribution is -1.89. The maximum Gasteiger partial charge on any atom is 0.0465 e. The van der Waals surface area contributed by atoms with Crippen LogP contribution in [0, 0.1) is 0 Å². The molecule has 2 heteroatoms. The topological polar surface area (TPSA) is 26.0 Å². The van der Waals surface area contributed by atoms with E-state index in [-0.39, 0.29) is 0 Å². The lowest BCUT2D eigenvalue weighted by atomic mass is 9.94. The molecule has 2 N–H and O–H groups in total. The van der Waals surface area contributed by atoms with Crippen LogP contribution in [0.1, 0.15) is 0 Å². The van der Waals surface area contributed by atoms with Gasteiger partial charge < -0.3 is 5.73 Å². The molecule has 4 aromatic rings. The normalized spacial score (nSPS) is 11.4. The van der Waals surface area contributed by atoms with Gasteiger partial charge in [0.15, 0.2) is 0 Å². The summed E-state index contributed by atoms with van der Waals surface area (Å²) in [6.07, 6.45) is 0. The number of fused-ring (bicyclic) bond motifs is 6. The van der Waals surface area contributed by atoms with Crippen molar-refractivity contribution in [3.05, 3.63) is 65.1 Å². The minimum atomic E-state index is 0.776. The highest BCUT2D eigenvalue weighted by Crippen LogP contribution is 2.37. The number of anilines is 1. The number of nitrogens with two attached hydrogens (primary N) is 1. The van der Waals surface area contributed by atoms with Gasteiger partial charge in [-0.25, -0.2) is 0 Å². The van der Waals surface area contributed by atoms with E-state index in [1.165, 1.54) is 32.3 Å². The molecule has 4 rings (SSSR count). The SMILES string of the molecule is Nc1cc2c3ccccc3c3ccccc3c2cc1Br. The van der Waals surface area contributed by atoms with Gasteiger partial charge >= 0.3 is 0 Å². The minimum Gasteiger partial charge on any atom is -0.398 e. The molecule has 0 saturated carbocycles. The molecule has 0 fully saturated rings. The number of hydrogen-bond acceptors (Lipinski definition) is 1. The quantitative estimate of drug-likeness (QED) is 0.336. The fourth-order valence-electron chi connectivity index (χ4n) is 2.94. The zero-order chi connectivity index (χ0) is 13.7. The van der Waals surface area contributed by atoms with E-state index < -0.39 is 0 Å². The number of hydrogen-bond donors (Lipinski definition) is 1. The molecular formula is C18H12BrN. The second-order valence-corrected chi connectivity index (χ2v) is 5.86. The molecule has 0 unspecified atom stereocenters. The summed E-state index contributed by atoms with van der Waals surface area (Å²) >= 11 is 3.54. The molecule has 0 spiro atoms. The van der Waals surface area contributed by atoms with Crippen LogP contribution in [0.4, 0.5) is 5.69 Å². The fourth-order valence-corrected chi connectivity index (χ4v) is 3.28. The Morgan fingerprint density at radius 2 is 1.00 bits per heavy atom. The summed E-state index contributed by atoms with van der Waals surface area (Å²) in [7, 11) is 0. The maximum atomic E-state index is 6.07. The van der Waals surface area contributed by atoms with E-state index in [0.29, 0.717) is 0 Å². The Hall–Kier alpha value is -2.06. The van der Waals surface area contributed by atoms with Gasteiger partial charge in [-0.2, -0.15) is 0 Å². The largest absolute Gasteiger partial charge is 0.398 e. The average Bonchev–Trinajstić information content (AvgIpc) is 2.49. The maximum absolute atomic E-state index is 6.07. The zero-order valence-corrected chi connectivity index (χ0v) is 12.3. The van der Waals surface area contributed by atoms with Crippen molar-refractivity contribution in [3.63, 3.8) is 0 Å². The highest BCUT2D eigenvalue weighted by molar-refractivity contribution is 9.10.